The van der Waals surface area contributed by atoms with Gasteiger partial charge in [-0.2, -0.15) is 0 Å². The molecule has 4 nitrogen and oxygen atoms in total. The maximum Gasteiger partial charge on any atom is 0.166 e. The lowest BCUT2D eigenvalue weighted by molar-refractivity contribution is 0.278. The molecule has 0 radical (unpaired) electrons. The van der Waals surface area contributed by atoms with Crippen LogP contribution in [-0.4, -0.2) is 19.1 Å². The third kappa shape index (κ3) is 3.00. The van der Waals surface area contributed by atoms with E-state index in [1.165, 1.54) is 0 Å². The minimum absolute atomic E-state index is 0.459. The molecule has 0 bridgehead atoms. The van der Waals surface area contributed by atoms with E-state index in [9.17, 15) is 0 Å². The highest BCUT2D eigenvalue weighted by Gasteiger charge is 2.10. The van der Waals surface area contributed by atoms with E-state index in [0.29, 0.717) is 6.61 Å². The van der Waals surface area contributed by atoms with Gasteiger partial charge >= 0.3 is 0 Å². The molecule has 1 aromatic heterocycles. The third-order valence-electron chi connectivity index (χ3n) is 2.50. The number of hydrogen-bond acceptors (Lipinski definition) is 5. The van der Waals surface area contributed by atoms with Gasteiger partial charge in [0.25, 0.3) is 0 Å². The number of aromatic nitrogens is 1. The van der Waals surface area contributed by atoms with Gasteiger partial charge < -0.3 is 14.8 Å². The number of benzene rings is 1. The second-order valence-electron chi connectivity index (χ2n) is 3.75. The lowest BCUT2D eigenvalue weighted by Crippen LogP contribution is -2.08. The number of ether oxygens (including phenoxy) is 2. The molecule has 0 spiro atoms. The quantitative estimate of drug-likeness (QED) is 0.870. The predicted molar refractivity (Wildman–Crippen MR) is 72.2 cm³/mol. The van der Waals surface area contributed by atoms with Gasteiger partial charge in [-0.1, -0.05) is 12.1 Å². The number of nitrogens with one attached hydrogen (secondary N) is 1. The number of rotatable bonds is 6. The molecule has 2 rings (SSSR count). The van der Waals surface area contributed by atoms with Crippen LogP contribution in [0.25, 0.3) is 0 Å². The number of nitrogens with zero attached hydrogens (tertiary/aromatic N) is 1. The molecular weight excluding hydrogens is 248 g/mol. The van der Waals surface area contributed by atoms with Crippen LogP contribution in [0, 0.1) is 0 Å². The van der Waals surface area contributed by atoms with Crippen molar-refractivity contribution in [3.05, 3.63) is 40.3 Å². The molecule has 96 valence electrons. The van der Waals surface area contributed by atoms with Crippen molar-refractivity contribution in [3.63, 3.8) is 0 Å². The zero-order valence-corrected chi connectivity index (χ0v) is 11.3. The standard InChI is InChI=1S/C13H16N2O2S/c1-14-6-10-4-3-5-12(16-2)13(10)17-7-11-8-18-9-15-11/h3-5,8-9,14H,6-7H2,1-2H3. The molecule has 0 saturated heterocycles. The summed E-state index contributed by atoms with van der Waals surface area (Å²) >= 11 is 1.56. The first-order valence-corrected chi connectivity index (χ1v) is 6.59. The summed E-state index contributed by atoms with van der Waals surface area (Å²) in [6.45, 7) is 1.20. The van der Waals surface area contributed by atoms with Crippen LogP contribution in [0.5, 0.6) is 11.5 Å². The summed E-state index contributed by atoms with van der Waals surface area (Å²) < 4.78 is 11.2. The van der Waals surface area contributed by atoms with E-state index in [2.05, 4.69) is 10.3 Å². The highest BCUT2D eigenvalue weighted by molar-refractivity contribution is 7.07. The Kier molecular flexibility index (Phi) is 4.55. The van der Waals surface area contributed by atoms with E-state index >= 15 is 0 Å². The van der Waals surface area contributed by atoms with Crippen molar-refractivity contribution in [2.75, 3.05) is 14.2 Å². The number of para-hydroxylation sites is 1. The van der Waals surface area contributed by atoms with Gasteiger partial charge in [-0.25, -0.2) is 4.98 Å². The largest absolute Gasteiger partial charge is 0.493 e. The Morgan fingerprint density at radius 1 is 1.39 bits per heavy atom. The van der Waals surface area contributed by atoms with Crippen molar-refractivity contribution in [1.29, 1.82) is 0 Å². The summed E-state index contributed by atoms with van der Waals surface area (Å²) in [5.74, 6) is 1.53. The van der Waals surface area contributed by atoms with E-state index in [1.54, 1.807) is 24.0 Å². The zero-order valence-electron chi connectivity index (χ0n) is 10.5. The smallest absolute Gasteiger partial charge is 0.166 e. The first kappa shape index (κ1) is 12.9. The van der Waals surface area contributed by atoms with Gasteiger partial charge in [-0.15, -0.1) is 11.3 Å². The number of thiazole rings is 1. The van der Waals surface area contributed by atoms with Gasteiger partial charge in [0.1, 0.15) is 6.61 Å². The summed E-state index contributed by atoms with van der Waals surface area (Å²) in [4.78, 5) is 4.20. The highest BCUT2D eigenvalue weighted by Crippen LogP contribution is 2.31. The summed E-state index contributed by atoms with van der Waals surface area (Å²) in [6, 6.07) is 5.88. The van der Waals surface area contributed by atoms with Crippen LogP contribution in [0.1, 0.15) is 11.3 Å². The van der Waals surface area contributed by atoms with E-state index in [1.807, 2.05) is 30.6 Å². The minimum atomic E-state index is 0.459. The molecule has 0 fully saturated rings. The lowest BCUT2D eigenvalue weighted by atomic mass is 10.2. The number of hydrogen-bond donors (Lipinski definition) is 1. The van der Waals surface area contributed by atoms with Crippen LogP contribution in [0.2, 0.25) is 0 Å². The van der Waals surface area contributed by atoms with Crippen molar-refractivity contribution in [1.82, 2.24) is 10.3 Å². The SMILES string of the molecule is CNCc1cccc(OC)c1OCc1cscn1. The van der Waals surface area contributed by atoms with Crippen LogP contribution in [-0.2, 0) is 13.2 Å². The van der Waals surface area contributed by atoms with Gasteiger partial charge in [-0.05, 0) is 13.1 Å². The summed E-state index contributed by atoms with van der Waals surface area (Å²) in [5.41, 5.74) is 3.81. The monoisotopic (exact) mass is 264 g/mol. The third-order valence-corrected chi connectivity index (χ3v) is 3.13. The van der Waals surface area contributed by atoms with Crippen LogP contribution in [0.3, 0.4) is 0 Å². The van der Waals surface area contributed by atoms with Crippen molar-refractivity contribution in [2.24, 2.45) is 0 Å². The van der Waals surface area contributed by atoms with E-state index in [0.717, 1.165) is 29.3 Å². The average molecular weight is 264 g/mol. The molecule has 0 aliphatic carbocycles. The molecule has 0 aliphatic rings. The molecule has 1 aromatic carbocycles. The molecule has 18 heavy (non-hydrogen) atoms. The average Bonchev–Trinajstić information content (AvgIpc) is 2.90. The second-order valence-corrected chi connectivity index (χ2v) is 4.47. The molecule has 2 aromatic rings. The zero-order chi connectivity index (χ0) is 12.8. The second kappa shape index (κ2) is 6.37. The van der Waals surface area contributed by atoms with Crippen molar-refractivity contribution < 1.29 is 9.47 Å². The Balaban J connectivity index is 2.18. The lowest BCUT2D eigenvalue weighted by Gasteiger charge is -2.14. The Labute approximate surface area is 111 Å². The topological polar surface area (TPSA) is 43.4 Å². The fourth-order valence-corrected chi connectivity index (χ4v) is 2.21. The number of methoxy groups -OCH3 is 1. The van der Waals surface area contributed by atoms with Gasteiger partial charge in [0.05, 0.1) is 18.3 Å². The highest BCUT2D eigenvalue weighted by atomic mass is 32.1. The van der Waals surface area contributed by atoms with Crippen molar-refractivity contribution >= 4 is 11.3 Å². The van der Waals surface area contributed by atoms with E-state index < -0.39 is 0 Å². The van der Waals surface area contributed by atoms with Crippen molar-refractivity contribution in [2.45, 2.75) is 13.2 Å². The molecule has 5 heteroatoms. The molecule has 0 aliphatic heterocycles. The summed E-state index contributed by atoms with van der Waals surface area (Å²) in [5, 5.41) is 5.10. The molecule has 1 N–H and O–H groups in total. The normalized spacial score (nSPS) is 10.3. The van der Waals surface area contributed by atoms with Gasteiger partial charge in [-0.3, -0.25) is 0 Å². The van der Waals surface area contributed by atoms with Crippen LogP contribution in [0.15, 0.2) is 29.1 Å². The first-order valence-electron chi connectivity index (χ1n) is 5.65. The fourth-order valence-electron chi connectivity index (χ4n) is 1.67. The van der Waals surface area contributed by atoms with Gasteiger partial charge in [0.15, 0.2) is 11.5 Å². The Morgan fingerprint density at radius 3 is 2.94 bits per heavy atom. The maximum absolute atomic E-state index is 5.84. The predicted octanol–water partition coefficient (Wildman–Crippen LogP) is 2.45. The fraction of sp³-hybridized carbons (Fsp3) is 0.308. The van der Waals surface area contributed by atoms with Crippen LogP contribution < -0.4 is 14.8 Å². The van der Waals surface area contributed by atoms with Gasteiger partial charge in [0.2, 0.25) is 0 Å². The maximum atomic E-state index is 5.84. The molecule has 1 heterocycles. The summed E-state index contributed by atoms with van der Waals surface area (Å²) in [6.07, 6.45) is 0. The molecule has 0 saturated carbocycles. The van der Waals surface area contributed by atoms with Gasteiger partial charge in [0, 0.05) is 17.5 Å². The van der Waals surface area contributed by atoms with E-state index in [4.69, 9.17) is 9.47 Å². The van der Waals surface area contributed by atoms with Crippen LogP contribution >= 0.6 is 11.3 Å². The Hall–Kier alpha value is -1.59. The molecule has 0 atom stereocenters. The van der Waals surface area contributed by atoms with Crippen LogP contribution in [0.4, 0.5) is 0 Å². The summed E-state index contributed by atoms with van der Waals surface area (Å²) in [7, 11) is 3.55. The van der Waals surface area contributed by atoms with Crippen molar-refractivity contribution in [3.8, 4) is 11.5 Å². The first-order chi connectivity index (χ1) is 8.85. The molecule has 0 amide bonds. The minimum Gasteiger partial charge on any atom is -0.493 e. The molecular formula is C13H16N2O2S. The molecule has 0 unspecified atom stereocenters. The Bertz CT molecular complexity index is 486. The van der Waals surface area contributed by atoms with E-state index in [-0.39, 0.29) is 0 Å². The Morgan fingerprint density at radius 2 is 2.28 bits per heavy atom.